The van der Waals surface area contributed by atoms with E-state index in [2.05, 4.69) is 34.2 Å². The van der Waals surface area contributed by atoms with E-state index in [1.165, 1.54) is 12.0 Å². The lowest BCUT2D eigenvalue weighted by Gasteiger charge is -2.29. The number of rotatable bonds is 3. The lowest BCUT2D eigenvalue weighted by molar-refractivity contribution is -0.159. The molecule has 2 atom stereocenters. The molecule has 7 heteroatoms. The molecular weight excluding hydrogens is 372 g/mol. The summed E-state index contributed by atoms with van der Waals surface area (Å²) in [7, 11) is 0. The fraction of sp³-hybridized carbons (Fsp3) is 0.273. The van der Waals surface area contributed by atoms with Crippen molar-refractivity contribution in [2.45, 2.75) is 18.8 Å². The van der Waals surface area contributed by atoms with Crippen molar-refractivity contribution >= 4 is 17.7 Å². The van der Waals surface area contributed by atoms with Crippen LogP contribution in [0.25, 0.3) is 11.3 Å². The third kappa shape index (κ3) is 4.57. The number of aliphatic carboxylic acids is 2. The monoisotopic (exact) mass is 394 g/mol. The Labute approximate surface area is 168 Å². The molecule has 29 heavy (non-hydrogen) atoms. The van der Waals surface area contributed by atoms with Gasteiger partial charge in [-0.2, -0.15) is 0 Å². The molecule has 3 heterocycles. The molecule has 7 nitrogen and oxygen atoms in total. The number of pyridine rings is 1. The van der Waals surface area contributed by atoms with Gasteiger partial charge < -0.3 is 10.2 Å². The molecule has 2 aromatic rings. The van der Waals surface area contributed by atoms with E-state index in [9.17, 15) is 4.79 Å². The first-order chi connectivity index (χ1) is 13.8. The Morgan fingerprint density at radius 2 is 1.86 bits per heavy atom. The predicted octanol–water partition coefficient (Wildman–Crippen LogP) is 2.62. The van der Waals surface area contributed by atoms with Crippen LogP contribution in [0, 0.1) is 0 Å². The Balaban J connectivity index is 0.000000353. The van der Waals surface area contributed by atoms with Crippen molar-refractivity contribution in [1.82, 2.24) is 9.88 Å². The van der Waals surface area contributed by atoms with Crippen molar-refractivity contribution in [2.24, 2.45) is 0 Å². The molecule has 2 aliphatic rings. The number of fused-ring (bicyclic) bond motifs is 2. The van der Waals surface area contributed by atoms with Crippen molar-refractivity contribution < 1.29 is 24.6 Å². The molecule has 0 aliphatic carbocycles. The van der Waals surface area contributed by atoms with Gasteiger partial charge in [0.2, 0.25) is 0 Å². The average molecular weight is 394 g/mol. The highest BCUT2D eigenvalue weighted by Crippen LogP contribution is 2.38. The van der Waals surface area contributed by atoms with Crippen molar-refractivity contribution in [1.29, 1.82) is 0 Å². The van der Waals surface area contributed by atoms with Gasteiger partial charge >= 0.3 is 11.9 Å². The number of carbonyl (C=O) groups excluding carboxylic acids is 1. The molecule has 1 fully saturated rings. The molecule has 2 aliphatic heterocycles. The minimum atomic E-state index is -1.82. The molecule has 150 valence electrons. The van der Waals surface area contributed by atoms with E-state index in [1.54, 1.807) is 6.92 Å². The summed E-state index contributed by atoms with van der Waals surface area (Å²) in [6.07, 6.45) is 7.82. The second kappa shape index (κ2) is 8.36. The van der Waals surface area contributed by atoms with Crippen LogP contribution in [0.15, 0.2) is 54.7 Å². The van der Waals surface area contributed by atoms with Gasteiger partial charge in [-0.15, -0.1) is 0 Å². The number of aromatic nitrogens is 1. The minimum Gasteiger partial charge on any atom is -0.473 e. The van der Waals surface area contributed by atoms with Crippen LogP contribution in [0.5, 0.6) is 0 Å². The topological polar surface area (TPSA) is 108 Å². The first kappa shape index (κ1) is 20.4. The number of nitrogens with zero attached hydrogens (tertiary/aromatic N) is 2. The Hall–Kier alpha value is -3.32. The Morgan fingerprint density at radius 3 is 2.48 bits per heavy atom. The molecule has 0 radical (unpaired) electrons. The van der Waals surface area contributed by atoms with Crippen LogP contribution in [0.4, 0.5) is 0 Å². The van der Waals surface area contributed by atoms with Gasteiger partial charge in [0.05, 0.1) is 5.69 Å². The Kier molecular flexibility index (Phi) is 5.89. The lowest BCUT2D eigenvalue weighted by atomic mass is 9.79. The second-order valence-corrected chi connectivity index (χ2v) is 7.22. The number of benzene rings is 1. The van der Waals surface area contributed by atoms with Gasteiger partial charge in [0.15, 0.2) is 5.78 Å². The van der Waals surface area contributed by atoms with Crippen molar-refractivity contribution in [3.63, 3.8) is 0 Å². The maximum absolute atomic E-state index is 11.5. The van der Waals surface area contributed by atoms with Gasteiger partial charge in [-0.05, 0) is 37.6 Å². The third-order valence-corrected chi connectivity index (χ3v) is 5.27. The molecule has 1 aromatic heterocycles. The first-order valence-corrected chi connectivity index (χ1v) is 9.25. The van der Waals surface area contributed by atoms with E-state index in [0.29, 0.717) is 0 Å². The maximum Gasteiger partial charge on any atom is 0.414 e. The first-order valence-electron chi connectivity index (χ1n) is 9.25. The number of carboxylic acids is 2. The molecule has 2 unspecified atom stereocenters. The van der Waals surface area contributed by atoms with E-state index >= 15 is 0 Å². The summed E-state index contributed by atoms with van der Waals surface area (Å²) in [6.45, 7) is 4.93. The van der Waals surface area contributed by atoms with Gasteiger partial charge in [0.1, 0.15) is 0 Å². The van der Waals surface area contributed by atoms with Crippen LogP contribution < -0.4 is 0 Å². The zero-order chi connectivity index (χ0) is 21.0. The van der Waals surface area contributed by atoms with Gasteiger partial charge in [-0.3, -0.25) is 14.7 Å². The number of carbonyl (C=O) groups is 3. The van der Waals surface area contributed by atoms with E-state index in [0.717, 1.165) is 36.5 Å². The standard InChI is InChI=1S/C20H20N2O.C2H2O4/c1-15(23)16-4-2-5-17(12-16)19-7-6-18(13-21-19)20-8-3-10-22(14-20)11-9-20;3-1(4)2(5)6/h2-8,12-13H,9-11,14H2,1H3;(H,3,4)(H,5,6). The SMILES string of the molecule is CC(=O)c1cccc(-c2ccc(C34C=CCN(CC3)C4)cn2)c1.O=C(O)C(=O)O. The zero-order valence-electron chi connectivity index (χ0n) is 16.0. The van der Waals surface area contributed by atoms with Gasteiger partial charge in [-0.1, -0.05) is 36.4 Å². The highest BCUT2D eigenvalue weighted by Gasteiger charge is 2.39. The molecule has 4 rings (SSSR count). The molecule has 1 aromatic carbocycles. The highest BCUT2D eigenvalue weighted by atomic mass is 16.4. The molecule has 2 N–H and O–H groups in total. The average Bonchev–Trinajstić information content (AvgIpc) is 3.03. The predicted molar refractivity (Wildman–Crippen MR) is 107 cm³/mol. The molecule has 0 saturated carbocycles. The number of hydrogen-bond acceptors (Lipinski definition) is 5. The summed E-state index contributed by atoms with van der Waals surface area (Å²) in [6, 6.07) is 12.0. The Morgan fingerprint density at radius 1 is 1.10 bits per heavy atom. The zero-order valence-corrected chi connectivity index (χ0v) is 16.0. The molecule has 0 amide bonds. The van der Waals surface area contributed by atoms with Crippen molar-refractivity contribution in [3.8, 4) is 11.3 Å². The fourth-order valence-electron chi connectivity index (χ4n) is 3.72. The lowest BCUT2D eigenvalue weighted by Crippen LogP contribution is -2.33. The summed E-state index contributed by atoms with van der Waals surface area (Å²) >= 11 is 0. The van der Waals surface area contributed by atoms with Gasteiger partial charge in [0, 0.05) is 35.8 Å². The van der Waals surface area contributed by atoms with Crippen LogP contribution in [0.1, 0.15) is 29.3 Å². The van der Waals surface area contributed by atoms with Crippen molar-refractivity contribution in [3.05, 3.63) is 65.9 Å². The van der Waals surface area contributed by atoms with Crippen LogP contribution in [0.2, 0.25) is 0 Å². The summed E-state index contributed by atoms with van der Waals surface area (Å²) in [5.74, 6) is -3.56. The summed E-state index contributed by atoms with van der Waals surface area (Å²) in [5, 5.41) is 14.8. The van der Waals surface area contributed by atoms with Crippen LogP contribution in [-0.4, -0.2) is 57.5 Å². The van der Waals surface area contributed by atoms with E-state index in [1.807, 2.05) is 30.5 Å². The number of Topliss-reactive ketones (excluding diaryl/α,β-unsaturated/α-hetero) is 1. The molecular formula is C22H22N2O5. The van der Waals surface area contributed by atoms with Gasteiger partial charge in [-0.25, -0.2) is 9.59 Å². The van der Waals surface area contributed by atoms with Crippen LogP contribution >= 0.6 is 0 Å². The molecule has 1 saturated heterocycles. The molecule has 0 spiro atoms. The minimum absolute atomic E-state index is 0.0840. The fourth-order valence-corrected chi connectivity index (χ4v) is 3.72. The molecule has 2 bridgehead atoms. The third-order valence-electron chi connectivity index (χ3n) is 5.27. The van der Waals surface area contributed by atoms with E-state index < -0.39 is 11.9 Å². The quantitative estimate of drug-likeness (QED) is 0.468. The largest absolute Gasteiger partial charge is 0.473 e. The summed E-state index contributed by atoms with van der Waals surface area (Å²) < 4.78 is 0. The van der Waals surface area contributed by atoms with E-state index in [-0.39, 0.29) is 11.2 Å². The number of ketones is 1. The maximum atomic E-state index is 11.5. The van der Waals surface area contributed by atoms with Crippen LogP contribution in [-0.2, 0) is 15.0 Å². The Bertz CT molecular complexity index is 955. The number of carboxylic acid groups (broad SMARTS) is 2. The second-order valence-electron chi connectivity index (χ2n) is 7.22. The van der Waals surface area contributed by atoms with Crippen molar-refractivity contribution in [2.75, 3.05) is 19.6 Å². The van der Waals surface area contributed by atoms with Gasteiger partial charge in [0.25, 0.3) is 0 Å². The normalized spacial score (nSPS) is 21.8. The summed E-state index contributed by atoms with van der Waals surface area (Å²) in [4.78, 5) is 36.9. The number of hydrogen-bond donors (Lipinski definition) is 2. The highest BCUT2D eigenvalue weighted by molar-refractivity contribution is 6.27. The van der Waals surface area contributed by atoms with Crippen LogP contribution in [0.3, 0.4) is 0 Å². The van der Waals surface area contributed by atoms with E-state index in [4.69, 9.17) is 19.8 Å². The summed E-state index contributed by atoms with van der Waals surface area (Å²) in [5.41, 5.74) is 4.08. The smallest absolute Gasteiger partial charge is 0.414 e.